The van der Waals surface area contributed by atoms with Gasteiger partial charge in [0.05, 0.1) is 18.3 Å². The minimum Gasteiger partial charge on any atom is -0.497 e. The molecule has 0 saturated carbocycles. The van der Waals surface area contributed by atoms with Crippen LogP contribution in [0.3, 0.4) is 0 Å². The van der Waals surface area contributed by atoms with Gasteiger partial charge in [0.25, 0.3) is 0 Å². The number of likely N-dealkylation sites (tertiary alicyclic amines) is 1. The third kappa shape index (κ3) is 3.43. The number of pyridine rings is 1. The summed E-state index contributed by atoms with van der Waals surface area (Å²) in [7, 11) is 1.65. The minimum absolute atomic E-state index is 0.435. The van der Waals surface area contributed by atoms with Gasteiger partial charge in [-0.25, -0.2) is 4.98 Å². The SMILES string of the molecule is COc1ccc2cc(CN3CCC(c4cnccn4)C3)c(Cl)nc2c1. The van der Waals surface area contributed by atoms with E-state index in [-0.39, 0.29) is 0 Å². The summed E-state index contributed by atoms with van der Waals surface area (Å²) in [6.45, 7) is 2.79. The van der Waals surface area contributed by atoms with Crippen molar-refractivity contribution >= 4 is 22.5 Å². The lowest BCUT2D eigenvalue weighted by atomic mass is 10.1. The van der Waals surface area contributed by atoms with Crippen molar-refractivity contribution in [1.82, 2.24) is 19.9 Å². The molecule has 1 aliphatic rings. The van der Waals surface area contributed by atoms with Crippen LogP contribution in [0.1, 0.15) is 23.6 Å². The number of hydrogen-bond donors (Lipinski definition) is 0. The first-order valence-electron chi connectivity index (χ1n) is 8.34. The van der Waals surface area contributed by atoms with Crippen LogP contribution >= 0.6 is 11.6 Å². The van der Waals surface area contributed by atoms with Crippen molar-refractivity contribution in [3.05, 3.63) is 59.3 Å². The topological polar surface area (TPSA) is 51.1 Å². The molecule has 3 heterocycles. The molecule has 128 valence electrons. The molecule has 0 bridgehead atoms. The molecule has 0 N–H and O–H groups in total. The van der Waals surface area contributed by atoms with Crippen LogP contribution < -0.4 is 4.74 Å². The van der Waals surface area contributed by atoms with E-state index in [9.17, 15) is 0 Å². The average molecular weight is 355 g/mol. The van der Waals surface area contributed by atoms with E-state index in [0.717, 1.165) is 54.0 Å². The predicted molar refractivity (Wildman–Crippen MR) is 98.0 cm³/mol. The number of fused-ring (bicyclic) bond motifs is 1. The van der Waals surface area contributed by atoms with E-state index in [0.29, 0.717) is 11.1 Å². The van der Waals surface area contributed by atoms with Crippen LogP contribution in [-0.2, 0) is 6.54 Å². The molecule has 3 aromatic rings. The molecule has 1 unspecified atom stereocenters. The maximum absolute atomic E-state index is 6.43. The van der Waals surface area contributed by atoms with E-state index in [4.69, 9.17) is 16.3 Å². The second-order valence-corrected chi connectivity index (χ2v) is 6.71. The first-order valence-corrected chi connectivity index (χ1v) is 8.72. The number of hydrogen-bond acceptors (Lipinski definition) is 5. The molecule has 5 nitrogen and oxygen atoms in total. The molecule has 0 amide bonds. The van der Waals surface area contributed by atoms with E-state index in [1.165, 1.54) is 0 Å². The number of benzene rings is 1. The van der Waals surface area contributed by atoms with Gasteiger partial charge >= 0.3 is 0 Å². The normalized spacial score (nSPS) is 17.9. The van der Waals surface area contributed by atoms with E-state index in [1.54, 1.807) is 19.5 Å². The molecule has 1 aromatic carbocycles. The fraction of sp³-hybridized carbons (Fsp3) is 0.316. The van der Waals surface area contributed by atoms with Crippen LogP contribution in [0.15, 0.2) is 42.9 Å². The molecule has 0 aliphatic carbocycles. The summed E-state index contributed by atoms with van der Waals surface area (Å²) in [6.07, 6.45) is 6.43. The summed E-state index contributed by atoms with van der Waals surface area (Å²) in [6, 6.07) is 8.00. The van der Waals surface area contributed by atoms with Crippen molar-refractivity contribution in [3.63, 3.8) is 0 Å². The maximum atomic E-state index is 6.43. The summed E-state index contributed by atoms with van der Waals surface area (Å²) < 4.78 is 5.25. The summed E-state index contributed by atoms with van der Waals surface area (Å²) in [5, 5.41) is 1.63. The van der Waals surface area contributed by atoms with Crippen LogP contribution in [0.5, 0.6) is 5.75 Å². The second kappa shape index (κ2) is 6.94. The molecule has 1 saturated heterocycles. The van der Waals surface area contributed by atoms with Crippen molar-refractivity contribution in [2.75, 3.05) is 20.2 Å². The second-order valence-electron chi connectivity index (χ2n) is 6.35. The van der Waals surface area contributed by atoms with Crippen molar-refractivity contribution in [2.24, 2.45) is 0 Å². The van der Waals surface area contributed by atoms with Gasteiger partial charge in [0.15, 0.2) is 0 Å². The fourth-order valence-electron chi connectivity index (χ4n) is 3.39. The monoisotopic (exact) mass is 354 g/mol. The zero-order valence-corrected chi connectivity index (χ0v) is 14.8. The van der Waals surface area contributed by atoms with Gasteiger partial charge in [0, 0.05) is 54.6 Å². The number of aromatic nitrogens is 3. The van der Waals surface area contributed by atoms with Crippen molar-refractivity contribution in [1.29, 1.82) is 0 Å². The molecule has 1 atom stereocenters. The lowest BCUT2D eigenvalue weighted by molar-refractivity contribution is 0.326. The predicted octanol–water partition coefficient (Wildman–Crippen LogP) is 3.68. The molecular formula is C19H19ClN4O. The number of rotatable bonds is 4. The Labute approximate surface area is 151 Å². The highest BCUT2D eigenvalue weighted by molar-refractivity contribution is 6.30. The molecular weight excluding hydrogens is 336 g/mol. The molecule has 0 spiro atoms. The summed E-state index contributed by atoms with van der Waals surface area (Å²) in [5.41, 5.74) is 2.98. The Bertz CT molecular complexity index is 887. The third-order valence-electron chi connectivity index (χ3n) is 4.72. The quantitative estimate of drug-likeness (QED) is 0.669. The van der Waals surface area contributed by atoms with Gasteiger partial charge in [-0.05, 0) is 31.2 Å². The van der Waals surface area contributed by atoms with Crippen molar-refractivity contribution in [3.8, 4) is 5.75 Å². The van der Waals surface area contributed by atoms with Gasteiger partial charge < -0.3 is 4.74 Å². The van der Waals surface area contributed by atoms with Gasteiger partial charge in [-0.1, -0.05) is 11.6 Å². The Morgan fingerprint density at radius 3 is 3.00 bits per heavy atom. The number of halogens is 1. The Morgan fingerprint density at radius 1 is 1.28 bits per heavy atom. The summed E-state index contributed by atoms with van der Waals surface area (Å²) >= 11 is 6.43. The highest BCUT2D eigenvalue weighted by Crippen LogP contribution is 2.29. The Balaban J connectivity index is 1.52. The Kier molecular flexibility index (Phi) is 4.51. The molecule has 1 fully saturated rings. The van der Waals surface area contributed by atoms with Gasteiger partial charge in [-0.2, -0.15) is 0 Å². The zero-order chi connectivity index (χ0) is 17.2. The van der Waals surface area contributed by atoms with Crippen LogP contribution in [0.25, 0.3) is 10.9 Å². The smallest absolute Gasteiger partial charge is 0.134 e. The van der Waals surface area contributed by atoms with E-state index in [1.807, 2.05) is 24.4 Å². The van der Waals surface area contributed by atoms with E-state index in [2.05, 4.69) is 25.9 Å². The highest BCUT2D eigenvalue weighted by Gasteiger charge is 2.25. The lowest BCUT2D eigenvalue weighted by Gasteiger charge is -2.17. The van der Waals surface area contributed by atoms with Crippen LogP contribution in [-0.4, -0.2) is 40.1 Å². The fourth-order valence-corrected chi connectivity index (χ4v) is 3.59. The molecule has 6 heteroatoms. The largest absolute Gasteiger partial charge is 0.497 e. The van der Waals surface area contributed by atoms with Gasteiger partial charge in [0.1, 0.15) is 10.9 Å². The third-order valence-corrected chi connectivity index (χ3v) is 5.05. The molecule has 1 aliphatic heterocycles. The van der Waals surface area contributed by atoms with Gasteiger partial charge in [-0.15, -0.1) is 0 Å². The van der Waals surface area contributed by atoms with E-state index < -0.39 is 0 Å². The number of ether oxygens (including phenoxy) is 1. The summed E-state index contributed by atoms with van der Waals surface area (Å²) in [4.78, 5) is 15.6. The van der Waals surface area contributed by atoms with Gasteiger partial charge in [-0.3, -0.25) is 14.9 Å². The molecule has 0 radical (unpaired) electrons. The van der Waals surface area contributed by atoms with Crippen molar-refractivity contribution in [2.45, 2.75) is 18.9 Å². The lowest BCUT2D eigenvalue weighted by Crippen LogP contribution is -2.20. The standard InChI is InChI=1S/C19H19ClN4O/c1-25-16-3-2-13-8-15(19(20)23-17(13)9-16)12-24-7-4-14(11-24)18-10-21-5-6-22-18/h2-3,5-6,8-10,14H,4,7,11-12H2,1H3. The first-order chi connectivity index (χ1) is 12.2. The van der Waals surface area contributed by atoms with Crippen LogP contribution in [0.2, 0.25) is 5.15 Å². The number of nitrogens with zero attached hydrogens (tertiary/aromatic N) is 4. The average Bonchev–Trinajstić information content (AvgIpc) is 3.11. The highest BCUT2D eigenvalue weighted by atomic mass is 35.5. The summed E-state index contributed by atoms with van der Waals surface area (Å²) in [5.74, 6) is 1.22. The number of methoxy groups -OCH3 is 1. The van der Waals surface area contributed by atoms with Gasteiger partial charge in [0.2, 0.25) is 0 Å². The minimum atomic E-state index is 0.435. The Morgan fingerprint density at radius 2 is 2.20 bits per heavy atom. The molecule has 4 rings (SSSR count). The van der Waals surface area contributed by atoms with Crippen molar-refractivity contribution < 1.29 is 4.74 Å². The first kappa shape index (κ1) is 16.2. The maximum Gasteiger partial charge on any atom is 0.134 e. The van der Waals surface area contributed by atoms with Crippen LogP contribution in [0.4, 0.5) is 0 Å². The van der Waals surface area contributed by atoms with E-state index >= 15 is 0 Å². The molecule has 25 heavy (non-hydrogen) atoms. The van der Waals surface area contributed by atoms with Crippen LogP contribution in [0, 0.1) is 0 Å². The Hall–Kier alpha value is -2.24. The zero-order valence-electron chi connectivity index (χ0n) is 14.0. The molecule has 2 aromatic heterocycles.